The van der Waals surface area contributed by atoms with Gasteiger partial charge in [-0.25, -0.2) is 0 Å². The predicted octanol–water partition coefficient (Wildman–Crippen LogP) is 3.93. The van der Waals surface area contributed by atoms with Gasteiger partial charge in [-0.05, 0) is 54.1 Å². The number of amides is 1. The standard InChI is InChI=1S/C20H23NO4S/c1-13-15-8-10-26-18(15)7-9-21(13)19(22)6-5-14-11-16(23-2)20(25-4)17(12-14)24-3/h5-6,8,10-13H,7,9H2,1-4H3. The molecule has 0 radical (unpaired) electrons. The lowest BCUT2D eigenvalue weighted by molar-refractivity contribution is -0.128. The summed E-state index contributed by atoms with van der Waals surface area (Å²) in [7, 11) is 4.71. The first-order valence-electron chi connectivity index (χ1n) is 8.44. The third-order valence-electron chi connectivity index (χ3n) is 4.67. The quantitative estimate of drug-likeness (QED) is 0.745. The van der Waals surface area contributed by atoms with Gasteiger partial charge in [-0.1, -0.05) is 0 Å². The highest BCUT2D eigenvalue weighted by molar-refractivity contribution is 7.10. The van der Waals surface area contributed by atoms with Crippen LogP contribution in [0.15, 0.2) is 29.7 Å². The maximum absolute atomic E-state index is 12.7. The van der Waals surface area contributed by atoms with Crippen molar-refractivity contribution in [1.82, 2.24) is 4.90 Å². The van der Waals surface area contributed by atoms with Gasteiger partial charge in [0.05, 0.1) is 27.4 Å². The predicted molar refractivity (Wildman–Crippen MR) is 103 cm³/mol. The molecule has 2 heterocycles. The number of fused-ring (bicyclic) bond motifs is 1. The number of carbonyl (C=O) groups excluding carboxylic acids is 1. The third-order valence-corrected chi connectivity index (χ3v) is 5.66. The first-order valence-corrected chi connectivity index (χ1v) is 9.32. The summed E-state index contributed by atoms with van der Waals surface area (Å²) in [6, 6.07) is 5.86. The fraction of sp³-hybridized carbons (Fsp3) is 0.350. The minimum atomic E-state index is 0.00287. The van der Waals surface area contributed by atoms with Crippen molar-refractivity contribution in [2.45, 2.75) is 19.4 Å². The highest BCUT2D eigenvalue weighted by atomic mass is 32.1. The van der Waals surface area contributed by atoms with Gasteiger partial charge >= 0.3 is 0 Å². The maximum atomic E-state index is 12.7. The number of rotatable bonds is 5. The molecule has 0 bridgehead atoms. The molecule has 1 aromatic heterocycles. The molecule has 1 amide bonds. The number of carbonyl (C=O) groups is 1. The molecule has 0 saturated carbocycles. The molecule has 0 aliphatic carbocycles. The van der Waals surface area contributed by atoms with Gasteiger partial charge in [0.25, 0.3) is 0 Å². The van der Waals surface area contributed by atoms with Gasteiger partial charge in [-0.15, -0.1) is 11.3 Å². The molecule has 0 saturated heterocycles. The Balaban J connectivity index is 1.81. The summed E-state index contributed by atoms with van der Waals surface area (Å²) >= 11 is 1.77. The van der Waals surface area contributed by atoms with Crippen LogP contribution in [-0.2, 0) is 11.2 Å². The summed E-state index contributed by atoms with van der Waals surface area (Å²) in [6.45, 7) is 2.82. The zero-order valence-electron chi connectivity index (χ0n) is 15.4. The van der Waals surface area contributed by atoms with Crippen LogP contribution < -0.4 is 14.2 Å². The molecule has 0 spiro atoms. The van der Waals surface area contributed by atoms with Gasteiger partial charge in [0.2, 0.25) is 11.7 Å². The van der Waals surface area contributed by atoms with Gasteiger partial charge in [-0.3, -0.25) is 4.79 Å². The van der Waals surface area contributed by atoms with Crippen LogP contribution in [0.1, 0.15) is 29.0 Å². The molecule has 0 N–H and O–H groups in total. The average molecular weight is 373 g/mol. The minimum Gasteiger partial charge on any atom is -0.493 e. The number of methoxy groups -OCH3 is 3. The van der Waals surface area contributed by atoms with E-state index >= 15 is 0 Å². The molecule has 1 aromatic carbocycles. The zero-order chi connectivity index (χ0) is 18.7. The Morgan fingerprint density at radius 2 is 1.88 bits per heavy atom. The van der Waals surface area contributed by atoms with Crippen LogP contribution >= 0.6 is 11.3 Å². The average Bonchev–Trinajstić information content (AvgIpc) is 3.15. The number of thiophene rings is 1. The van der Waals surface area contributed by atoms with E-state index in [1.807, 2.05) is 17.0 Å². The lowest BCUT2D eigenvalue weighted by Gasteiger charge is -2.32. The molecule has 26 heavy (non-hydrogen) atoms. The number of hydrogen-bond donors (Lipinski definition) is 0. The summed E-state index contributed by atoms with van der Waals surface area (Å²) in [5, 5.41) is 2.10. The second-order valence-corrected chi connectivity index (χ2v) is 7.05. The summed E-state index contributed by atoms with van der Waals surface area (Å²) < 4.78 is 16.0. The van der Waals surface area contributed by atoms with Crippen LogP contribution in [0.25, 0.3) is 6.08 Å². The van der Waals surface area contributed by atoms with Crippen LogP contribution in [0, 0.1) is 0 Å². The minimum absolute atomic E-state index is 0.00287. The zero-order valence-corrected chi connectivity index (χ0v) is 16.3. The van der Waals surface area contributed by atoms with Gasteiger partial charge < -0.3 is 19.1 Å². The number of hydrogen-bond acceptors (Lipinski definition) is 5. The summed E-state index contributed by atoms with van der Waals surface area (Å²) in [5.41, 5.74) is 2.07. The molecule has 2 aromatic rings. The van der Waals surface area contributed by atoms with E-state index in [2.05, 4.69) is 18.4 Å². The molecule has 1 aliphatic rings. The Hall–Kier alpha value is -2.47. The Morgan fingerprint density at radius 1 is 1.19 bits per heavy atom. The Morgan fingerprint density at radius 3 is 2.50 bits per heavy atom. The van der Waals surface area contributed by atoms with Crippen molar-refractivity contribution in [2.24, 2.45) is 0 Å². The van der Waals surface area contributed by atoms with Crippen LogP contribution in [0.4, 0.5) is 0 Å². The first kappa shape index (κ1) is 18.3. The second kappa shape index (κ2) is 7.83. The second-order valence-electron chi connectivity index (χ2n) is 6.05. The summed E-state index contributed by atoms with van der Waals surface area (Å²) in [6.07, 6.45) is 4.30. The van der Waals surface area contributed by atoms with Gasteiger partial charge in [0, 0.05) is 17.5 Å². The monoisotopic (exact) mass is 373 g/mol. The number of nitrogens with zero attached hydrogens (tertiary/aromatic N) is 1. The number of benzene rings is 1. The normalized spacial score (nSPS) is 16.5. The van der Waals surface area contributed by atoms with E-state index in [4.69, 9.17) is 14.2 Å². The highest BCUT2D eigenvalue weighted by Crippen LogP contribution is 2.38. The van der Waals surface area contributed by atoms with Gasteiger partial charge in [-0.2, -0.15) is 0 Å². The van der Waals surface area contributed by atoms with Crippen molar-refractivity contribution in [2.75, 3.05) is 27.9 Å². The molecular weight excluding hydrogens is 350 g/mol. The lowest BCUT2D eigenvalue weighted by atomic mass is 10.0. The van der Waals surface area contributed by atoms with E-state index in [1.165, 1.54) is 10.4 Å². The van der Waals surface area contributed by atoms with Crippen molar-refractivity contribution < 1.29 is 19.0 Å². The van der Waals surface area contributed by atoms with E-state index in [9.17, 15) is 4.79 Å². The first-order chi connectivity index (χ1) is 12.6. The molecular formula is C20H23NO4S. The van der Waals surface area contributed by atoms with Crippen molar-refractivity contribution in [3.05, 3.63) is 45.7 Å². The largest absolute Gasteiger partial charge is 0.493 e. The van der Waals surface area contributed by atoms with Gasteiger partial charge in [0.15, 0.2) is 11.5 Å². The molecule has 138 valence electrons. The van der Waals surface area contributed by atoms with E-state index in [1.54, 1.807) is 44.8 Å². The Bertz CT molecular complexity index is 802. The van der Waals surface area contributed by atoms with E-state index < -0.39 is 0 Å². The fourth-order valence-electron chi connectivity index (χ4n) is 3.27. The molecule has 0 fully saturated rings. The van der Waals surface area contributed by atoms with Crippen molar-refractivity contribution >= 4 is 23.3 Å². The maximum Gasteiger partial charge on any atom is 0.247 e. The summed E-state index contributed by atoms with van der Waals surface area (Å²) in [4.78, 5) is 16.0. The third kappa shape index (κ3) is 3.42. The SMILES string of the molecule is COc1cc(C=CC(=O)N2CCc3sccc3C2C)cc(OC)c1OC. The van der Waals surface area contributed by atoms with Crippen molar-refractivity contribution in [3.63, 3.8) is 0 Å². The van der Waals surface area contributed by atoms with Crippen LogP contribution in [0.5, 0.6) is 17.2 Å². The number of ether oxygens (including phenoxy) is 3. The molecule has 5 nitrogen and oxygen atoms in total. The molecule has 1 aliphatic heterocycles. The molecule has 3 rings (SSSR count). The lowest BCUT2D eigenvalue weighted by Crippen LogP contribution is -2.37. The topological polar surface area (TPSA) is 48.0 Å². The molecule has 6 heteroatoms. The van der Waals surface area contributed by atoms with E-state index in [-0.39, 0.29) is 11.9 Å². The van der Waals surface area contributed by atoms with Crippen LogP contribution in [0.3, 0.4) is 0 Å². The highest BCUT2D eigenvalue weighted by Gasteiger charge is 2.27. The molecule has 1 atom stereocenters. The van der Waals surface area contributed by atoms with E-state index in [0.717, 1.165) is 18.5 Å². The van der Waals surface area contributed by atoms with Crippen molar-refractivity contribution in [3.8, 4) is 17.2 Å². The van der Waals surface area contributed by atoms with E-state index in [0.29, 0.717) is 17.2 Å². The fourth-order valence-corrected chi connectivity index (χ4v) is 4.23. The molecule has 1 unspecified atom stereocenters. The smallest absolute Gasteiger partial charge is 0.247 e. The summed E-state index contributed by atoms with van der Waals surface area (Å²) in [5.74, 6) is 1.66. The Labute approximate surface area is 157 Å². The Kier molecular flexibility index (Phi) is 5.52. The van der Waals surface area contributed by atoms with Gasteiger partial charge in [0.1, 0.15) is 0 Å². The van der Waals surface area contributed by atoms with Crippen molar-refractivity contribution in [1.29, 1.82) is 0 Å². The van der Waals surface area contributed by atoms with Crippen LogP contribution in [-0.4, -0.2) is 38.7 Å². The van der Waals surface area contributed by atoms with Crippen LogP contribution in [0.2, 0.25) is 0 Å².